The molecule has 0 aromatic heterocycles. The Morgan fingerprint density at radius 1 is 0.681 bits per heavy atom. The number of hydrogen-bond acceptors (Lipinski definition) is 5. The number of benzene rings is 4. The minimum absolute atomic E-state index is 0.0807. The fourth-order valence-electron chi connectivity index (χ4n) is 5.42. The Balaban J connectivity index is 1.34. The van der Waals surface area contributed by atoms with Crippen molar-refractivity contribution in [1.29, 1.82) is 0 Å². The summed E-state index contributed by atoms with van der Waals surface area (Å²) in [6, 6.07) is 16.5. The molecule has 4 aromatic carbocycles. The number of anilines is 2. The van der Waals surface area contributed by atoms with Gasteiger partial charge in [0, 0.05) is 34.1 Å². The molecule has 0 aliphatic heterocycles. The predicted octanol–water partition coefficient (Wildman–Crippen LogP) is 7.74. The van der Waals surface area contributed by atoms with E-state index in [9.17, 15) is 35.9 Å². The third kappa shape index (κ3) is 7.80. The van der Waals surface area contributed by atoms with Crippen molar-refractivity contribution in [2.24, 2.45) is 11.5 Å². The van der Waals surface area contributed by atoms with Crippen LogP contribution >= 0.6 is 11.8 Å². The molecule has 1 aliphatic rings. The van der Waals surface area contributed by atoms with E-state index >= 15 is 0 Å². The van der Waals surface area contributed by atoms with Crippen molar-refractivity contribution in [3.8, 4) is 11.1 Å². The molecule has 0 saturated heterocycles. The average molecular weight is 673 g/mol. The van der Waals surface area contributed by atoms with Crippen molar-refractivity contribution in [1.82, 2.24) is 0 Å². The topological polar surface area (TPSA) is 110 Å². The first-order valence-corrected chi connectivity index (χ1v) is 15.6. The highest BCUT2D eigenvalue weighted by atomic mass is 32.2. The largest absolute Gasteiger partial charge is 0.416 e. The maximum atomic E-state index is 13.4. The minimum Gasteiger partial charge on any atom is -0.330 e. The van der Waals surface area contributed by atoms with Crippen LogP contribution in [0.2, 0.25) is 0 Å². The molecule has 0 fully saturated rings. The van der Waals surface area contributed by atoms with E-state index in [1.54, 1.807) is 36.4 Å². The second-order valence-corrected chi connectivity index (χ2v) is 12.1. The van der Waals surface area contributed by atoms with E-state index in [1.807, 2.05) is 0 Å². The highest BCUT2D eigenvalue weighted by Gasteiger charge is 2.33. The lowest BCUT2D eigenvalue weighted by molar-refractivity contribution is -0.138. The van der Waals surface area contributed by atoms with Gasteiger partial charge in [0.2, 0.25) is 0 Å². The van der Waals surface area contributed by atoms with Crippen molar-refractivity contribution < 1.29 is 35.9 Å². The van der Waals surface area contributed by atoms with E-state index in [2.05, 4.69) is 10.6 Å². The van der Waals surface area contributed by atoms with Crippen LogP contribution < -0.4 is 22.1 Å². The van der Waals surface area contributed by atoms with E-state index < -0.39 is 35.3 Å². The van der Waals surface area contributed by atoms with E-state index in [4.69, 9.17) is 11.5 Å². The van der Waals surface area contributed by atoms with Gasteiger partial charge in [0.25, 0.3) is 11.8 Å². The quantitative estimate of drug-likeness (QED) is 0.0897. The maximum absolute atomic E-state index is 13.4. The van der Waals surface area contributed by atoms with Crippen LogP contribution in [-0.2, 0) is 25.2 Å². The summed E-state index contributed by atoms with van der Waals surface area (Å²) in [7, 11) is 0. The number of hydrogen-bond donors (Lipinski definition) is 4. The molecule has 4 aromatic rings. The molecule has 47 heavy (non-hydrogen) atoms. The van der Waals surface area contributed by atoms with Gasteiger partial charge in [-0.2, -0.15) is 26.3 Å². The lowest BCUT2D eigenvalue weighted by Gasteiger charge is -2.14. The minimum atomic E-state index is -4.62. The Bertz CT molecular complexity index is 1690. The van der Waals surface area contributed by atoms with Gasteiger partial charge < -0.3 is 22.1 Å². The number of halogens is 6. The first-order valence-electron chi connectivity index (χ1n) is 14.6. The normalized spacial score (nSPS) is 12.4. The van der Waals surface area contributed by atoms with Crippen molar-refractivity contribution in [3.63, 3.8) is 0 Å². The van der Waals surface area contributed by atoms with Crippen LogP contribution in [0.25, 0.3) is 11.1 Å². The van der Waals surface area contributed by atoms with Gasteiger partial charge in [0.1, 0.15) is 0 Å². The molecule has 0 saturated carbocycles. The summed E-state index contributed by atoms with van der Waals surface area (Å²) in [5.41, 5.74) is 13.7. The Kier molecular flexibility index (Phi) is 9.99. The predicted molar refractivity (Wildman–Crippen MR) is 171 cm³/mol. The highest BCUT2D eigenvalue weighted by molar-refractivity contribution is 7.99. The number of rotatable bonds is 10. The zero-order chi connectivity index (χ0) is 33.9. The molecule has 6 nitrogen and oxygen atoms in total. The molecule has 5 rings (SSSR count). The molecule has 13 heteroatoms. The fourth-order valence-corrected chi connectivity index (χ4v) is 6.23. The van der Waals surface area contributed by atoms with Crippen LogP contribution in [0.4, 0.5) is 37.7 Å². The highest BCUT2D eigenvalue weighted by Crippen LogP contribution is 2.40. The van der Waals surface area contributed by atoms with E-state index in [0.29, 0.717) is 53.4 Å². The first-order chi connectivity index (χ1) is 22.3. The SMILES string of the molecule is NCCCc1ccc(C(F)(F)F)cc1C(=O)Nc1ccc2c(c1)Cc1cc(NC(=O)c3cc(C(F)(F)F)ccc3SCCN)ccc1-2. The lowest BCUT2D eigenvalue weighted by atomic mass is 9.98. The van der Waals surface area contributed by atoms with Crippen LogP contribution in [0.5, 0.6) is 0 Å². The molecule has 0 heterocycles. The van der Waals surface area contributed by atoms with E-state index in [-0.39, 0.29) is 17.7 Å². The number of aryl methyl sites for hydroxylation is 1. The summed E-state index contributed by atoms with van der Waals surface area (Å²) in [5, 5.41) is 5.42. The Hall–Kier alpha value is -4.33. The molecule has 6 N–H and O–H groups in total. The number of carbonyl (C=O) groups excluding carboxylic acids is 2. The van der Waals surface area contributed by atoms with Crippen molar-refractivity contribution in [3.05, 3.63) is 112 Å². The number of alkyl halides is 6. The van der Waals surface area contributed by atoms with Gasteiger partial charge in [-0.25, -0.2) is 0 Å². The molecule has 0 atom stereocenters. The smallest absolute Gasteiger partial charge is 0.330 e. The molecular weight excluding hydrogens is 642 g/mol. The standard InChI is InChI=1S/C34H30F6N4O2S/c35-33(36,37)22-4-3-19(2-1-11-41)28(17-22)31(45)43-24-6-8-26-20(15-24)14-21-16-25(7-9-27(21)26)44-32(46)29-18-23(34(38,39)40)5-10-30(29)47-13-12-42/h3-10,15-18H,1-2,11-14,41-42H2,(H,43,45)(H,44,46). The van der Waals surface area contributed by atoms with Gasteiger partial charge in [0.05, 0.1) is 16.7 Å². The lowest BCUT2D eigenvalue weighted by Crippen LogP contribution is -2.17. The molecule has 0 unspecified atom stereocenters. The van der Waals surface area contributed by atoms with Crippen LogP contribution in [0.1, 0.15) is 55.0 Å². The molecule has 0 spiro atoms. The molecule has 0 radical (unpaired) electrons. The molecule has 1 aliphatic carbocycles. The molecular formula is C34H30F6N4O2S. The summed E-state index contributed by atoms with van der Waals surface area (Å²) in [6.45, 7) is 0.601. The van der Waals surface area contributed by atoms with E-state index in [0.717, 1.165) is 46.5 Å². The van der Waals surface area contributed by atoms with Crippen molar-refractivity contribution in [2.75, 3.05) is 29.5 Å². The second-order valence-electron chi connectivity index (χ2n) is 10.9. The van der Waals surface area contributed by atoms with Gasteiger partial charge in [0.15, 0.2) is 0 Å². The van der Waals surface area contributed by atoms with Gasteiger partial charge in [-0.3, -0.25) is 9.59 Å². The summed E-state index contributed by atoms with van der Waals surface area (Å²) in [6.07, 6.45) is -7.97. The number of carbonyl (C=O) groups is 2. The van der Waals surface area contributed by atoms with Crippen molar-refractivity contribution >= 4 is 35.0 Å². The molecule has 2 amide bonds. The zero-order valence-electron chi connectivity index (χ0n) is 24.8. The fraction of sp³-hybridized carbons (Fsp3) is 0.235. The van der Waals surface area contributed by atoms with Crippen LogP contribution in [-0.4, -0.2) is 30.7 Å². The number of fused-ring (bicyclic) bond motifs is 3. The van der Waals surface area contributed by atoms with E-state index in [1.165, 1.54) is 23.9 Å². The Morgan fingerprint density at radius 2 is 1.21 bits per heavy atom. The third-order valence-electron chi connectivity index (χ3n) is 7.66. The van der Waals surface area contributed by atoms with Gasteiger partial charge in [-0.15, -0.1) is 11.8 Å². The number of nitrogens with one attached hydrogen (secondary N) is 2. The van der Waals surface area contributed by atoms with Gasteiger partial charge in [-0.05, 0) is 108 Å². The van der Waals surface area contributed by atoms with Crippen LogP contribution in [0.15, 0.2) is 77.7 Å². The Labute approximate surface area is 270 Å². The molecule has 0 bridgehead atoms. The summed E-state index contributed by atoms with van der Waals surface area (Å²) in [5.74, 6) is -0.959. The zero-order valence-corrected chi connectivity index (χ0v) is 25.6. The first kappa shape index (κ1) is 34.0. The molecule has 246 valence electrons. The monoisotopic (exact) mass is 672 g/mol. The van der Waals surface area contributed by atoms with Crippen LogP contribution in [0.3, 0.4) is 0 Å². The second kappa shape index (κ2) is 13.8. The summed E-state index contributed by atoms with van der Waals surface area (Å²) < 4.78 is 80.4. The maximum Gasteiger partial charge on any atom is 0.416 e. The van der Waals surface area contributed by atoms with Crippen LogP contribution in [0, 0.1) is 0 Å². The number of amides is 2. The van der Waals surface area contributed by atoms with Crippen molar-refractivity contribution in [2.45, 2.75) is 36.5 Å². The van der Waals surface area contributed by atoms with Gasteiger partial charge >= 0.3 is 12.4 Å². The van der Waals surface area contributed by atoms with Gasteiger partial charge in [-0.1, -0.05) is 18.2 Å². The summed E-state index contributed by atoms with van der Waals surface area (Å²) >= 11 is 1.19. The number of nitrogens with two attached hydrogens (primary N) is 2. The third-order valence-corrected chi connectivity index (χ3v) is 8.76. The average Bonchev–Trinajstić information content (AvgIpc) is 3.38. The number of thioether (sulfide) groups is 1. The Morgan fingerprint density at radius 3 is 1.74 bits per heavy atom. The summed E-state index contributed by atoms with van der Waals surface area (Å²) in [4.78, 5) is 26.8.